The van der Waals surface area contributed by atoms with Gasteiger partial charge in [0, 0.05) is 24.7 Å². The van der Waals surface area contributed by atoms with Gasteiger partial charge in [0.05, 0.1) is 12.7 Å². The average molecular weight is 242 g/mol. The van der Waals surface area contributed by atoms with Crippen molar-refractivity contribution in [1.82, 2.24) is 10.2 Å². The molecule has 3 nitrogen and oxygen atoms in total. The summed E-state index contributed by atoms with van der Waals surface area (Å²) in [4.78, 5) is 2.56. The first kappa shape index (κ1) is 14.9. The minimum absolute atomic E-state index is 0.247. The molecule has 1 aliphatic rings. The molecule has 0 aliphatic carbocycles. The molecule has 0 bridgehead atoms. The molecule has 2 atom stereocenters. The SMILES string of the molecule is CC1CN(C(C)CCCNC(C)(C)C)CCO1. The second-order valence-electron chi connectivity index (χ2n) is 6.34. The molecule has 0 aromatic heterocycles. The molecule has 0 aromatic rings. The van der Waals surface area contributed by atoms with Crippen LogP contribution in [0.3, 0.4) is 0 Å². The van der Waals surface area contributed by atoms with Crippen molar-refractivity contribution in [3.63, 3.8) is 0 Å². The Labute approximate surface area is 107 Å². The van der Waals surface area contributed by atoms with Crippen molar-refractivity contribution in [2.24, 2.45) is 0 Å². The Morgan fingerprint density at radius 3 is 2.71 bits per heavy atom. The van der Waals surface area contributed by atoms with Gasteiger partial charge in [0.1, 0.15) is 0 Å². The quantitative estimate of drug-likeness (QED) is 0.749. The van der Waals surface area contributed by atoms with Crippen LogP contribution in [0, 0.1) is 0 Å². The molecule has 3 heteroatoms. The summed E-state index contributed by atoms with van der Waals surface area (Å²) < 4.78 is 5.57. The third kappa shape index (κ3) is 6.39. The van der Waals surface area contributed by atoms with E-state index >= 15 is 0 Å². The summed E-state index contributed by atoms with van der Waals surface area (Å²) in [5.41, 5.74) is 0.247. The average Bonchev–Trinajstić information content (AvgIpc) is 2.23. The molecule has 0 spiro atoms. The number of rotatable bonds is 5. The Balaban J connectivity index is 2.14. The lowest BCUT2D eigenvalue weighted by Gasteiger charge is -2.35. The van der Waals surface area contributed by atoms with E-state index in [1.54, 1.807) is 0 Å². The molecule has 0 amide bonds. The van der Waals surface area contributed by atoms with Gasteiger partial charge in [0.2, 0.25) is 0 Å². The third-order valence-corrected chi connectivity index (χ3v) is 3.35. The van der Waals surface area contributed by atoms with E-state index in [-0.39, 0.29) is 5.54 Å². The van der Waals surface area contributed by atoms with Crippen LogP contribution in [0.2, 0.25) is 0 Å². The molecule has 0 saturated carbocycles. The van der Waals surface area contributed by atoms with E-state index in [0.717, 1.165) is 26.2 Å². The summed E-state index contributed by atoms with van der Waals surface area (Å²) in [6.45, 7) is 15.4. The van der Waals surface area contributed by atoms with Crippen LogP contribution in [0.4, 0.5) is 0 Å². The maximum absolute atomic E-state index is 5.57. The summed E-state index contributed by atoms with van der Waals surface area (Å²) in [7, 11) is 0. The predicted octanol–water partition coefficient (Wildman–Crippen LogP) is 2.26. The molecule has 1 N–H and O–H groups in total. The van der Waals surface area contributed by atoms with E-state index in [0.29, 0.717) is 12.1 Å². The van der Waals surface area contributed by atoms with Gasteiger partial charge < -0.3 is 10.1 Å². The predicted molar refractivity (Wildman–Crippen MR) is 73.4 cm³/mol. The van der Waals surface area contributed by atoms with Crippen LogP contribution in [0.5, 0.6) is 0 Å². The molecule has 1 aliphatic heterocycles. The number of morpholine rings is 1. The van der Waals surface area contributed by atoms with E-state index in [1.807, 2.05) is 0 Å². The van der Waals surface area contributed by atoms with E-state index in [4.69, 9.17) is 4.74 Å². The third-order valence-electron chi connectivity index (χ3n) is 3.35. The van der Waals surface area contributed by atoms with Crippen molar-refractivity contribution in [2.75, 3.05) is 26.2 Å². The van der Waals surface area contributed by atoms with Crippen molar-refractivity contribution in [3.05, 3.63) is 0 Å². The Bertz CT molecular complexity index is 213. The fourth-order valence-corrected chi connectivity index (χ4v) is 2.29. The van der Waals surface area contributed by atoms with Gasteiger partial charge in [-0.3, -0.25) is 4.90 Å². The highest BCUT2D eigenvalue weighted by atomic mass is 16.5. The molecule has 1 rings (SSSR count). The van der Waals surface area contributed by atoms with E-state index in [9.17, 15) is 0 Å². The summed E-state index contributed by atoms with van der Waals surface area (Å²) in [6, 6.07) is 0.683. The lowest BCUT2D eigenvalue weighted by molar-refractivity contribution is -0.0327. The second-order valence-corrected chi connectivity index (χ2v) is 6.34. The van der Waals surface area contributed by atoms with Crippen molar-refractivity contribution >= 4 is 0 Å². The van der Waals surface area contributed by atoms with E-state index in [2.05, 4.69) is 44.8 Å². The normalized spacial score (nSPS) is 24.9. The van der Waals surface area contributed by atoms with Crippen molar-refractivity contribution < 1.29 is 4.74 Å². The highest BCUT2D eigenvalue weighted by Crippen LogP contribution is 2.12. The molecule has 0 aromatic carbocycles. The van der Waals surface area contributed by atoms with Crippen LogP contribution >= 0.6 is 0 Å². The molecule has 1 saturated heterocycles. The highest BCUT2D eigenvalue weighted by molar-refractivity contribution is 4.75. The summed E-state index contributed by atoms with van der Waals surface area (Å²) >= 11 is 0. The zero-order valence-corrected chi connectivity index (χ0v) is 12.3. The van der Waals surface area contributed by atoms with Crippen molar-refractivity contribution in [2.45, 2.75) is 65.1 Å². The first-order chi connectivity index (χ1) is 7.88. The van der Waals surface area contributed by atoms with E-state index < -0.39 is 0 Å². The number of hydrogen-bond donors (Lipinski definition) is 1. The zero-order valence-electron chi connectivity index (χ0n) is 12.3. The van der Waals surface area contributed by atoms with Crippen molar-refractivity contribution in [3.8, 4) is 0 Å². The Morgan fingerprint density at radius 2 is 2.12 bits per heavy atom. The maximum atomic E-state index is 5.57. The van der Waals surface area contributed by atoms with Crippen LogP contribution in [0.15, 0.2) is 0 Å². The molecule has 0 radical (unpaired) electrons. The van der Waals surface area contributed by atoms with Gasteiger partial charge in [0.15, 0.2) is 0 Å². The first-order valence-corrected chi connectivity index (χ1v) is 6.99. The lowest BCUT2D eigenvalue weighted by atomic mass is 10.1. The largest absolute Gasteiger partial charge is 0.376 e. The number of hydrogen-bond acceptors (Lipinski definition) is 3. The molecular weight excluding hydrogens is 212 g/mol. The van der Waals surface area contributed by atoms with Crippen LogP contribution in [0.1, 0.15) is 47.5 Å². The zero-order chi connectivity index (χ0) is 12.9. The molecule has 1 fully saturated rings. The Morgan fingerprint density at radius 1 is 1.41 bits per heavy atom. The molecular formula is C14H30N2O. The summed E-state index contributed by atoms with van der Waals surface area (Å²) in [5.74, 6) is 0. The van der Waals surface area contributed by atoms with Crippen LogP contribution in [-0.4, -0.2) is 48.8 Å². The van der Waals surface area contributed by atoms with Crippen molar-refractivity contribution in [1.29, 1.82) is 0 Å². The smallest absolute Gasteiger partial charge is 0.0674 e. The van der Waals surface area contributed by atoms with Gasteiger partial charge >= 0.3 is 0 Å². The monoisotopic (exact) mass is 242 g/mol. The Kier molecular flexibility index (Phi) is 5.90. The summed E-state index contributed by atoms with van der Waals surface area (Å²) in [5, 5.41) is 3.55. The van der Waals surface area contributed by atoms with Gasteiger partial charge in [-0.15, -0.1) is 0 Å². The Hall–Kier alpha value is -0.120. The molecule has 2 unspecified atom stereocenters. The number of nitrogens with zero attached hydrogens (tertiary/aromatic N) is 1. The maximum Gasteiger partial charge on any atom is 0.0674 e. The fraction of sp³-hybridized carbons (Fsp3) is 1.00. The number of ether oxygens (including phenoxy) is 1. The minimum atomic E-state index is 0.247. The van der Waals surface area contributed by atoms with Gasteiger partial charge in [-0.25, -0.2) is 0 Å². The van der Waals surface area contributed by atoms with Gasteiger partial charge in [-0.2, -0.15) is 0 Å². The van der Waals surface area contributed by atoms with Gasteiger partial charge in [-0.05, 0) is 54.0 Å². The highest BCUT2D eigenvalue weighted by Gasteiger charge is 2.20. The summed E-state index contributed by atoms with van der Waals surface area (Å²) in [6.07, 6.45) is 2.93. The fourth-order valence-electron chi connectivity index (χ4n) is 2.29. The second kappa shape index (κ2) is 6.72. The molecule has 102 valence electrons. The molecule has 1 heterocycles. The van der Waals surface area contributed by atoms with Gasteiger partial charge in [-0.1, -0.05) is 0 Å². The lowest BCUT2D eigenvalue weighted by Crippen LogP contribution is -2.46. The minimum Gasteiger partial charge on any atom is -0.376 e. The van der Waals surface area contributed by atoms with E-state index in [1.165, 1.54) is 12.8 Å². The topological polar surface area (TPSA) is 24.5 Å². The number of nitrogens with one attached hydrogen (secondary N) is 1. The van der Waals surface area contributed by atoms with Crippen LogP contribution < -0.4 is 5.32 Å². The van der Waals surface area contributed by atoms with Gasteiger partial charge in [0.25, 0.3) is 0 Å². The van der Waals surface area contributed by atoms with Crippen LogP contribution in [-0.2, 0) is 4.74 Å². The standard InChI is InChI=1S/C14H30N2O/c1-12(7-6-8-15-14(3,4)5)16-9-10-17-13(2)11-16/h12-13,15H,6-11H2,1-5H3. The first-order valence-electron chi connectivity index (χ1n) is 6.99. The molecule has 17 heavy (non-hydrogen) atoms. The van der Waals surface area contributed by atoms with Crippen LogP contribution in [0.25, 0.3) is 0 Å².